The van der Waals surface area contributed by atoms with Gasteiger partial charge in [0.25, 0.3) is 5.91 Å². The number of nitrogens with one attached hydrogen (secondary N) is 1. The van der Waals surface area contributed by atoms with E-state index in [-0.39, 0.29) is 40.9 Å². The van der Waals surface area contributed by atoms with Crippen LogP contribution in [0.1, 0.15) is 70.8 Å². The van der Waals surface area contributed by atoms with E-state index in [9.17, 15) is 20.1 Å². The molecule has 1 amide bonds. The molecule has 1 aromatic carbocycles. The number of allylic oxidation sites excluding steroid dienone is 2. The first kappa shape index (κ1) is 25.1. The normalized spacial score (nSPS) is 36.4. The van der Waals surface area contributed by atoms with Crippen LogP contribution >= 0.6 is 0 Å². The minimum Gasteiger partial charge on any atom is -0.504 e. The highest BCUT2D eigenvalue weighted by Crippen LogP contribution is 2.65. The standard InChI is InChI=1S/C29H40N2O5/c1-28-12-9-20(31-36-17-27(35)30-14-11-18-3-7-24(32)25(33)15-18)16-19(28)4-5-21-22-6-8-26(34)29(22,2)13-10-23(21)28/h3,7,15-16,21-23,26,32-34H,4-6,8-14,17H2,1-2H3,(H,30,35)/b31-20-/t21-,22-,23-,26-,28-,29-/m0/s1. The van der Waals surface area contributed by atoms with Crippen molar-refractivity contribution < 1.29 is 25.0 Å². The molecule has 0 unspecified atom stereocenters. The molecule has 7 heteroatoms. The van der Waals surface area contributed by atoms with Crippen LogP contribution in [0, 0.1) is 28.6 Å². The van der Waals surface area contributed by atoms with E-state index in [1.54, 1.807) is 6.07 Å². The van der Waals surface area contributed by atoms with Crippen LogP contribution in [0.5, 0.6) is 11.5 Å². The van der Waals surface area contributed by atoms with Crippen molar-refractivity contribution in [1.82, 2.24) is 5.32 Å². The summed E-state index contributed by atoms with van der Waals surface area (Å²) in [6.45, 7) is 5.06. The Bertz CT molecular complexity index is 1070. The van der Waals surface area contributed by atoms with Gasteiger partial charge in [0.1, 0.15) is 0 Å². The lowest BCUT2D eigenvalue weighted by Gasteiger charge is -2.57. The summed E-state index contributed by atoms with van der Waals surface area (Å²) < 4.78 is 0. The lowest BCUT2D eigenvalue weighted by Crippen LogP contribution is -2.51. The number of hydrogen-bond acceptors (Lipinski definition) is 6. The molecule has 3 saturated carbocycles. The zero-order valence-corrected chi connectivity index (χ0v) is 21.5. The molecule has 0 aromatic heterocycles. The Balaban J connectivity index is 1.13. The summed E-state index contributed by atoms with van der Waals surface area (Å²) in [7, 11) is 0. The number of rotatable bonds is 6. The Labute approximate surface area is 213 Å². The van der Waals surface area contributed by atoms with Gasteiger partial charge in [-0.1, -0.05) is 30.6 Å². The molecule has 0 aliphatic heterocycles. The number of carbonyl (C=O) groups excluding carboxylic acids is 1. The molecule has 196 valence electrons. The summed E-state index contributed by atoms with van der Waals surface area (Å²) in [5.41, 5.74) is 3.55. The molecule has 6 atom stereocenters. The van der Waals surface area contributed by atoms with Gasteiger partial charge >= 0.3 is 0 Å². The van der Waals surface area contributed by atoms with Crippen LogP contribution in [0.3, 0.4) is 0 Å². The number of hydrogen-bond donors (Lipinski definition) is 4. The number of aromatic hydroxyl groups is 2. The van der Waals surface area contributed by atoms with E-state index in [0.717, 1.165) is 43.4 Å². The number of nitrogens with zero attached hydrogens (tertiary/aromatic N) is 1. The highest BCUT2D eigenvalue weighted by molar-refractivity contribution is 5.96. The molecule has 0 heterocycles. The molecule has 0 spiro atoms. The van der Waals surface area contributed by atoms with E-state index in [1.165, 1.54) is 37.0 Å². The van der Waals surface area contributed by atoms with Gasteiger partial charge in [-0.3, -0.25) is 4.79 Å². The van der Waals surface area contributed by atoms with E-state index in [1.807, 2.05) is 0 Å². The third-order valence-electron chi connectivity index (χ3n) is 10.1. The van der Waals surface area contributed by atoms with E-state index in [0.29, 0.717) is 30.7 Å². The minimum atomic E-state index is -0.236. The maximum absolute atomic E-state index is 12.1. The Morgan fingerprint density at radius 1 is 1.08 bits per heavy atom. The Kier molecular flexibility index (Phi) is 6.79. The summed E-state index contributed by atoms with van der Waals surface area (Å²) >= 11 is 0. The van der Waals surface area contributed by atoms with Crippen LogP contribution in [0.2, 0.25) is 0 Å². The number of fused-ring (bicyclic) bond motifs is 5. The summed E-state index contributed by atoms with van der Waals surface area (Å²) in [6, 6.07) is 4.64. The zero-order valence-electron chi connectivity index (χ0n) is 21.5. The fourth-order valence-electron chi connectivity index (χ4n) is 7.91. The molecule has 1 aromatic rings. The molecule has 5 rings (SSSR count). The van der Waals surface area contributed by atoms with Crippen molar-refractivity contribution in [1.29, 1.82) is 0 Å². The summed E-state index contributed by atoms with van der Waals surface area (Å²) in [6.07, 6.45) is 11.3. The average Bonchev–Trinajstić information content (AvgIpc) is 3.16. The maximum Gasteiger partial charge on any atom is 0.260 e. The number of aliphatic hydroxyl groups is 1. The number of phenolic OH excluding ortho intramolecular Hbond substituents is 2. The van der Waals surface area contributed by atoms with E-state index < -0.39 is 0 Å². The molecule has 0 bridgehead atoms. The second-order valence-corrected chi connectivity index (χ2v) is 11.9. The van der Waals surface area contributed by atoms with Crippen molar-refractivity contribution >= 4 is 11.6 Å². The predicted octanol–water partition coefficient (Wildman–Crippen LogP) is 4.45. The number of phenols is 2. The molecule has 7 nitrogen and oxygen atoms in total. The van der Waals surface area contributed by atoms with Gasteiger partial charge in [0.15, 0.2) is 18.1 Å². The summed E-state index contributed by atoms with van der Waals surface area (Å²) in [5.74, 6) is 1.50. The highest BCUT2D eigenvalue weighted by atomic mass is 16.6. The van der Waals surface area contributed by atoms with Crippen LogP contribution in [-0.4, -0.2) is 46.2 Å². The molecule has 4 N–H and O–H groups in total. The highest BCUT2D eigenvalue weighted by Gasteiger charge is 2.58. The number of amides is 1. The van der Waals surface area contributed by atoms with Crippen LogP contribution in [0.15, 0.2) is 35.0 Å². The minimum absolute atomic E-state index is 0.111. The van der Waals surface area contributed by atoms with E-state index in [2.05, 4.69) is 30.4 Å². The van der Waals surface area contributed by atoms with Crippen molar-refractivity contribution in [3.05, 3.63) is 35.4 Å². The molecule has 3 fully saturated rings. The lowest BCUT2D eigenvalue weighted by molar-refractivity contribution is -0.125. The number of benzene rings is 1. The molecular weight excluding hydrogens is 456 g/mol. The Morgan fingerprint density at radius 2 is 1.92 bits per heavy atom. The van der Waals surface area contributed by atoms with Crippen molar-refractivity contribution in [2.75, 3.05) is 13.2 Å². The monoisotopic (exact) mass is 496 g/mol. The van der Waals surface area contributed by atoms with E-state index >= 15 is 0 Å². The maximum atomic E-state index is 12.1. The van der Waals surface area contributed by atoms with Crippen LogP contribution in [-0.2, 0) is 16.1 Å². The smallest absolute Gasteiger partial charge is 0.260 e. The second kappa shape index (κ2) is 9.73. The van der Waals surface area contributed by atoms with Gasteiger partial charge in [-0.2, -0.15) is 0 Å². The first-order valence-electron chi connectivity index (χ1n) is 13.6. The van der Waals surface area contributed by atoms with E-state index in [4.69, 9.17) is 4.84 Å². The third-order valence-corrected chi connectivity index (χ3v) is 10.1. The van der Waals surface area contributed by atoms with Gasteiger partial charge in [-0.05, 0) is 110 Å². The quantitative estimate of drug-likeness (QED) is 0.343. The van der Waals surface area contributed by atoms with Gasteiger partial charge in [0, 0.05) is 6.54 Å². The van der Waals surface area contributed by atoms with Crippen molar-refractivity contribution in [2.24, 2.45) is 33.7 Å². The van der Waals surface area contributed by atoms with Crippen LogP contribution in [0.25, 0.3) is 0 Å². The Morgan fingerprint density at radius 3 is 2.72 bits per heavy atom. The molecular formula is C29H40N2O5. The number of oxime groups is 1. The van der Waals surface area contributed by atoms with Crippen LogP contribution < -0.4 is 5.32 Å². The topological polar surface area (TPSA) is 111 Å². The predicted molar refractivity (Wildman–Crippen MR) is 138 cm³/mol. The van der Waals surface area contributed by atoms with Crippen molar-refractivity contribution in [3.63, 3.8) is 0 Å². The molecule has 36 heavy (non-hydrogen) atoms. The first-order valence-corrected chi connectivity index (χ1v) is 13.6. The fourth-order valence-corrected chi connectivity index (χ4v) is 7.91. The first-order chi connectivity index (χ1) is 17.2. The van der Waals surface area contributed by atoms with Gasteiger partial charge in [-0.15, -0.1) is 0 Å². The largest absolute Gasteiger partial charge is 0.504 e. The fraction of sp³-hybridized carbons (Fsp3) is 0.655. The van der Waals surface area contributed by atoms with Gasteiger partial charge in [0.05, 0.1) is 11.8 Å². The number of aliphatic hydroxyl groups excluding tert-OH is 1. The van der Waals surface area contributed by atoms with Gasteiger partial charge in [-0.25, -0.2) is 0 Å². The average molecular weight is 497 g/mol. The second-order valence-electron chi connectivity index (χ2n) is 11.9. The molecule has 0 saturated heterocycles. The van der Waals surface area contributed by atoms with Gasteiger partial charge < -0.3 is 25.5 Å². The third kappa shape index (κ3) is 4.51. The lowest BCUT2D eigenvalue weighted by atomic mass is 9.47. The zero-order chi connectivity index (χ0) is 25.5. The van der Waals surface area contributed by atoms with Crippen molar-refractivity contribution in [2.45, 2.75) is 77.7 Å². The summed E-state index contributed by atoms with van der Waals surface area (Å²) in [4.78, 5) is 17.5. The molecule has 4 aliphatic carbocycles. The summed E-state index contributed by atoms with van der Waals surface area (Å²) in [5, 5.41) is 36.7. The Hall–Kier alpha value is -2.54. The SMILES string of the molecule is C[C@]12CC[C@H]3[C@@H](CCC4=C/C(=N\OCC(=O)NCCc5ccc(O)c(O)c5)CC[C@@]43C)[C@@H]1CC[C@@H]2O. The molecule has 4 aliphatic rings. The number of carbonyl (C=O) groups is 1. The van der Waals surface area contributed by atoms with Gasteiger partial charge in [0.2, 0.25) is 0 Å². The van der Waals surface area contributed by atoms with Crippen LogP contribution in [0.4, 0.5) is 0 Å². The molecule has 0 radical (unpaired) electrons. The van der Waals surface area contributed by atoms with Crippen molar-refractivity contribution in [3.8, 4) is 11.5 Å².